The first-order valence-electron chi connectivity index (χ1n) is 8.49. The Kier molecular flexibility index (Phi) is 4.93. The number of benzene rings is 1. The van der Waals surface area contributed by atoms with Gasteiger partial charge in [0, 0.05) is 23.8 Å². The molecule has 1 fully saturated rings. The second-order valence-corrected chi connectivity index (χ2v) is 7.68. The molecule has 2 aromatic rings. The molecule has 124 valence electrons. The Labute approximate surface area is 146 Å². The Bertz CT molecular complexity index is 678. The first-order valence-corrected chi connectivity index (χ1v) is 9.29. The summed E-state index contributed by atoms with van der Waals surface area (Å²) in [5.74, 6) is 0.929. The zero-order valence-electron chi connectivity index (χ0n) is 13.9. The molecule has 0 aliphatic heterocycles. The molecule has 1 aliphatic rings. The van der Waals surface area contributed by atoms with E-state index in [2.05, 4.69) is 46.9 Å². The smallest absolute Gasteiger partial charge is 0.134 e. The molecule has 0 radical (unpaired) electrons. The number of nitrogens with zero attached hydrogens (tertiary/aromatic N) is 1. The third kappa shape index (κ3) is 3.38. The fraction of sp³-hybridized carbons (Fsp3) is 0.526. The van der Waals surface area contributed by atoms with Crippen LogP contribution in [0, 0.1) is 5.41 Å². The van der Waals surface area contributed by atoms with Crippen LogP contribution in [-0.4, -0.2) is 17.1 Å². The van der Waals surface area contributed by atoms with Crippen molar-refractivity contribution in [2.45, 2.75) is 58.1 Å². The van der Waals surface area contributed by atoms with Crippen LogP contribution in [0.5, 0.6) is 5.75 Å². The van der Waals surface area contributed by atoms with Crippen molar-refractivity contribution in [3.8, 4) is 5.75 Å². The minimum atomic E-state index is 0.258. The number of hydrogen-bond donors (Lipinski definition) is 1. The van der Waals surface area contributed by atoms with Crippen LogP contribution in [0.25, 0.3) is 10.8 Å². The molecule has 1 unspecified atom stereocenters. The van der Waals surface area contributed by atoms with Gasteiger partial charge in [-0.2, -0.15) is 0 Å². The lowest BCUT2D eigenvalue weighted by atomic mass is 9.67. The Morgan fingerprint density at radius 1 is 1.35 bits per heavy atom. The molecular weight excluding hydrogens is 352 g/mol. The zero-order valence-corrected chi connectivity index (χ0v) is 15.5. The third-order valence-electron chi connectivity index (χ3n) is 5.58. The standard InChI is InChI=1S/C19H25BrN2O/c1-3-19(13(2)21)7-4-16(5-8-19)23-18-11-14-6-9-22-12-15(14)10-17(18)20/h6,9-13,16H,3-5,7-8,21H2,1-2H3/t13?,16-,19+. The molecule has 0 bridgehead atoms. The average molecular weight is 377 g/mol. The van der Waals surface area contributed by atoms with Crippen LogP contribution in [0.1, 0.15) is 46.0 Å². The second kappa shape index (κ2) is 6.78. The van der Waals surface area contributed by atoms with Gasteiger partial charge in [-0.15, -0.1) is 0 Å². The molecule has 2 N–H and O–H groups in total. The van der Waals surface area contributed by atoms with E-state index in [-0.39, 0.29) is 12.1 Å². The molecule has 1 aliphatic carbocycles. The Balaban J connectivity index is 1.73. The molecule has 1 saturated carbocycles. The lowest BCUT2D eigenvalue weighted by molar-refractivity contribution is 0.0615. The molecule has 23 heavy (non-hydrogen) atoms. The van der Waals surface area contributed by atoms with Gasteiger partial charge in [-0.05, 0) is 84.0 Å². The van der Waals surface area contributed by atoms with Gasteiger partial charge in [-0.25, -0.2) is 0 Å². The lowest BCUT2D eigenvalue weighted by Crippen LogP contribution is -2.43. The predicted molar refractivity (Wildman–Crippen MR) is 98.7 cm³/mol. The van der Waals surface area contributed by atoms with Gasteiger partial charge in [0.1, 0.15) is 5.75 Å². The minimum Gasteiger partial charge on any atom is -0.489 e. The van der Waals surface area contributed by atoms with Crippen molar-refractivity contribution in [1.29, 1.82) is 0 Å². The van der Waals surface area contributed by atoms with E-state index in [1.807, 2.05) is 18.5 Å². The number of rotatable bonds is 4. The molecule has 0 amide bonds. The van der Waals surface area contributed by atoms with Crippen molar-refractivity contribution in [3.63, 3.8) is 0 Å². The minimum absolute atomic E-state index is 0.258. The number of ether oxygens (including phenoxy) is 1. The van der Waals surface area contributed by atoms with E-state index in [4.69, 9.17) is 10.5 Å². The zero-order chi connectivity index (χ0) is 16.4. The van der Waals surface area contributed by atoms with Crippen LogP contribution in [0.4, 0.5) is 0 Å². The summed E-state index contributed by atoms with van der Waals surface area (Å²) in [5.41, 5.74) is 6.54. The van der Waals surface area contributed by atoms with Crippen LogP contribution >= 0.6 is 15.9 Å². The predicted octanol–water partition coefficient (Wildman–Crippen LogP) is 5.06. The van der Waals surface area contributed by atoms with E-state index < -0.39 is 0 Å². The number of hydrogen-bond acceptors (Lipinski definition) is 3. The van der Waals surface area contributed by atoms with Gasteiger partial charge in [0.25, 0.3) is 0 Å². The van der Waals surface area contributed by atoms with Crippen molar-refractivity contribution in [1.82, 2.24) is 4.98 Å². The fourth-order valence-corrected chi connectivity index (χ4v) is 4.23. The maximum atomic E-state index is 6.30. The largest absolute Gasteiger partial charge is 0.489 e. The van der Waals surface area contributed by atoms with E-state index in [1.165, 1.54) is 0 Å². The van der Waals surface area contributed by atoms with Crippen LogP contribution < -0.4 is 10.5 Å². The summed E-state index contributed by atoms with van der Waals surface area (Å²) in [6, 6.07) is 6.47. The molecule has 3 nitrogen and oxygen atoms in total. The normalized spacial score (nSPS) is 26.2. The number of fused-ring (bicyclic) bond motifs is 1. The van der Waals surface area contributed by atoms with Crippen molar-refractivity contribution in [3.05, 3.63) is 35.1 Å². The first kappa shape index (κ1) is 16.7. The summed E-state index contributed by atoms with van der Waals surface area (Å²) in [6.45, 7) is 4.41. The van der Waals surface area contributed by atoms with Gasteiger partial charge in [0.2, 0.25) is 0 Å². The number of halogens is 1. The highest BCUT2D eigenvalue weighted by atomic mass is 79.9. The van der Waals surface area contributed by atoms with Crippen LogP contribution in [-0.2, 0) is 0 Å². The van der Waals surface area contributed by atoms with Crippen molar-refractivity contribution < 1.29 is 4.74 Å². The van der Waals surface area contributed by atoms with Gasteiger partial charge in [-0.1, -0.05) is 6.92 Å². The van der Waals surface area contributed by atoms with Crippen LogP contribution in [0.3, 0.4) is 0 Å². The molecule has 1 heterocycles. The molecule has 0 spiro atoms. The highest BCUT2D eigenvalue weighted by molar-refractivity contribution is 9.10. The average Bonchev–Trinajstić information content (AvgIpc) is 2.56. The number of aromatic nitrogens is 1. The van der Waals surface area contributed by atoms with Gasteiger partial charge >= 0.3 is 0 Å². The van der Waals surface area contributed by atoms with Crippen LogP contribution in [0.15, 0.2) is 35.1 Å². The second-order valence-electron chi connectivity index (χ2n) is 6.83. The molecule has 1 aromatic heterocycles. The van der Waals surface area contributed by atoms with E-state index in [9.17, 15) is 0 Å². The van der Waals surface area contributed by atoms with Crippen molar-refractivity contribution in [2.75, 3.05) is 0 Å². The van der Waals surface area contributed by atoms with Gasteiger partial charge in [0.05, 0.1) is 10.6 Å². The Morgan fingerprint density at radius 3 is 2.74 bits per heavy atom. The maximum absolute atomic E-state index is 6.30. The molecule has 1 atom stereocenters. The van der Waals surface area contributed by atoms with E-state index in [0.29, 0.717) is 5.41 Å². The SMILES string of the molecule is CC[C@]1(C(C)N)CC[C@@H](Oc2cc3ccncc3cc2Br)CC1. The van der Waals surface area contributed by atoms with Gasteiger partial charge in [0.15, 0.2) is 0 Å². The van der Waals surface area contributed by atoms with Gasteiger partial charge < -0.3 is 10.5 Å². The molecular formula is C19H25BrN2O. The third-order valence-corrected chi connectivity index (χ3v) is 6.20. The van der Waals surface area contributed by atoms with Crippen molar-refractivity contribution in [2.24, 2.45) is 11.1 Å². The summed E-state index contributed by atoms with van der Waals surface area (Å²) in [6.07, 6.45) is 9.60. The first-order chi connectivity index (χ1) is 11.0. The quantitative estimate of drug-likeness (QED) is 0.810. The maximum Gasteiger partial charge on any atom is 0.134 e. The molecule has 4 heteroatoms. The van der Waals surface area contributed by atoms with E-state index in [1.54, 1.807) is 0 Å². The summed E-state index contributed by atoms with van der Waals surface area (Å²) in [4.78, 5) is 4.17. The summed E-state index contributed by atoms with van der Waals surface area (Å²) >= 11 is 3.63. The topological polar surface area (TPSA) is 48.1 Å². The number of pyridine rings is 1. The summed E-state index contributed by atoms with van der Waals surface area (Å²) in [5, 5.41) is 2.28. The molecule has 1 aromatic carbocycles. The highest BCUT2D eigenvalue weighted by Crippen LogP contribution is 2.43. The Hall–Kier alpha value is -1.13. The van der Waals surface area contributed by atoms with Gasteiger partial charge in [-0.3, -0.25) is 4.98 Å². The molecule has 0 saturated heterocycles. The highest BCUT2D eigenvalue weighted by Gasteiger charge is 2.37. The summed E-state index contributed by atoms with van der Waals surface area (Å²) in [7, 11) is 0. The summed E-state index contributed by atoms with van der Waals surface area (Å²) < 4.78 is 7.30. The monoisotopic (exact) mass is 376 g/mol. The fourth-order valence-electron chi connectivity index (χ4n) is 3.77. The van der Waals surface area contributed by atoms with E-state index in [0.717, 1.165) is 53.1 Å². The number of nitrogens with two attached hydrogens (primary N) is 1. The Morgan fingerprint density at radius 2 is 2.09 bits per heavy atom. The molecule has 3 rings (SSSR count). The lowest BCUT2D eigenvalue weighted by Gasteiger charge is -2.42. The van der Waals surface area contributed by atoms with Crippen LogP contribution in [0.2, 0.25) is 0 Å². The van der Waals surface area contributed by atoms with Crippen molar-refractivity contribution >= 4 is 26.7 Å². The van der Waals surface area contributed by atoms with E-state index >= 15 is 0 Å².